The summed E-state index contributed by atoms with van der Waals surface area (Å²) >= 11 is 1.36. The van der Waals surface area contributed by atoms with Gasteiger partial charge in [0.25, 0.3) is 0 Å². The summed E-state index contributed by atoms with van der Waals surface area (Å²) in [7, 11) is 4.78. The number of thioether (sulfide) groups is 1. The van der Waals surface area contributed by atoms with Gasteiger partial charge in [-0.25, -0.2) is 4.79 Å². The Morgan fingerprint density at radius 3 is 2.37 bits per heavy atom. The zero-order valence-electron chi connectivity index (χ0n) is 20.3. The maximum Gasteiger partial charge on any atom is 0.327 e. The van der Waals surface area contributed by atoms with Gasteiger partial charge in [0.2, 0.25) is 11.8 Å². The molecule has 10 heteroatoms. The van der Waals surface area contributed by atoms with Crippen LogP contribution in [-0.4, -0.2) is 66.1 Å². The quantitative estimate of drug-likeness (QED) is 0.540. The van der Waals surface area contributed by atoms with Crippen LogP contribution >= 0.6 is 11.8 Å². The van der Waals surface area contributed by atoms with Crippen molar-refractivity contribution in [1.82, 2.24) is 20.4 Å². The van der Waals surface area contributed by atoms with E-state index in [1.165, 1.54) is 24.4 Å². The van der Waals surface area contributed by atoms with E-state index in [4.69, 9.17) is 4.74 Å². The Morgan fingerprint density at radius 1 is 1.06 bits per heavy atom. The Bertz CT molecular complexity index is 1080. The molecule has 0 radical (unpaired) electrons. The molecule has 2 aromatic rings. The molecule has 0 aromatic heterocycles. The summed E-state index contributed by atoms with van der Waals surface area (Å²) in [6.07, 6.45) is 0.0977. The Balaban J connectivity index is 1.51. The number of rotatable bonds is 7. The van der Waals surface area contributed by atoms with E-state index in [0.29, 0.717) is 0 Å². The highest BCUT2D eigenvalue weighted by Crippen LogP contribution is 2.34. The first-order chi connectivity index (χ1) is 16.8. The third-order valence-corrected chi connectivity index (χ3v) is 7.66. The molecule has 0 aliphatic carbocycles. The van der Waals surface area contributed by atoms with Crippen molar-refractivity contribution >= 4 is 35.3 Å². The van der Waals surface area contributed by atoms with E-state index in [-0.39, 0.29) is 29.8 Å². The van der Waals surface area contributed by atoms with Crippen molar-refractivity contribution in [3.8, 4) is 5.75 Å². The number of anilines is 1. The number of hydrogen-bond donors (Lipinski definition) is 3. The molecule has 35 heavy (non-hydrogen) atoms. The summed E-state index contributed by atoms with van der Waals surface area (Å²) in [5.41, 5.74) is 2.87. The monoisotopic (exact) mass is 497 g/mol. The first kappa shape index (κ1) is 25.0. The molecule has 2 heterocycles. The van der Waals surface area contributed by atoms with Gasteiger partial charge in [0.1, 0.15) is 5.75 Å². The van der Waals surface area contributed by atoms with Crippen molar-refractivity contribution in [2.45, 2.75) is 31.0 Å². The normalized spacial score (nSPS) is 24.2. The molecule has 2 aromatic carbocycles. The van der Waals surface area contributed by atoms with Gasteiger partial charge in [-0.05, 0) is 41.8 Å². The van der Waals surface area contributed by atoms with Gasteiger partial charge in [0.05, 0.1) is 36.5 Å². The van der Waals surface area contributed by atoms with E-state index in [1.807, 2.05) is 48.5 Å². The molecule has 0 spiro atoms. The molecule has 2 saturated heterocycles. The van der Waals surface area contributed by atoms with E-state index < -0.39 is 17.5 Å². The van der Waals surface area contributed by atoms with E-state index in [2.05, 4.69) is 22.9 Å². The fourth-order valence-corrected chi connectivity index (χ4v) is 5.48. The fraction of sp³-hybridized carbons (Fsp3) is 0.400. The van der Waals surface area contributed by atoms with Crippen LogP contribution < -0.4 is 20.7 Å². The van der Waals surface area contributed by atoms with Gasteiger partial charge < -0.3 is 15.0 Å². The molecule has 4 atom stereocenters. The Morgan fingerprint density at radius 2 is 1.74 bits per heavy atom. The number of carbonyl (C=O) groups excluding carboxylic acids is 3. The smallest absolute Gasteiger partial charge is 0.327 e. The van der Waals surface area contributed by atoms with Crippen molar-refractivity contribution in [3.63, 3.8) is 0 Å². The van der Waals surface area contributed by atoms with Crippen molar-refractivity contribution in [2.24, 2.45) is 5.92 Å². The van der Waals surface area contributed by atoms with Crippen molar-refractivity contribution in [3.05, 3.63) is 59.7 Å². The van der Waals surface area contributed by atoms with Crippen LogP contribution in [0.5, 0.6) is 5.75 Å². The maximum absolute atomic E-state index is 13.1. The van der Waals surface area contributed by atoms with Crippen LogP contribution in [0.4, 0.5) is 10.5 Å². The van der Waals surface area contributed by atoms with E-state index >= 15 is 0 Å². The molecule has 2 fully saturated rings. The number of carbonyl (C=O) groups is 3. The Hall–Kier alpha value is -3.08. The first-order valence-corrected chi connectivity index (χ1v) is 12.6. The molecule has 4 rings (SSSR count). The van der Waals surface area contributed by atoms with E-state index in [0.717, 1.165) is 28.3 Å². The molecule has 3 N–H and O–H groups in total. The molecule has 0 saturated carbocycles. The molecule has 186 valence electrons. The summed E-state index contributed by atoms with van der Waals surface area (Å²) < 4.78 is 5.25. The Labute approximate surface area is 209 Å². The third-order valence-electron chi connectivity index (χ3n) is 6.45. The topological polar surface area (TPSA) is 103 Å². The van der Waals surface area contributed by atoms with Crippen LogP contribution in [0.25, 0.3) is 0 Å². The van der Waals surface area contributed by atoms with Crippen LogP contribution in [0.2, 0.25) is 0 Å². The second-order valence-electron chi connectivity index (χ2n) is 8.63. The minimum Gasteiger partial charge on any atom is -0.497 e. The second kappa shape index (κ2) is 10.7. The van der Waals surface area contributed by atoms with Gasteiger partial charge in [0.15, 0.2) is 0 Å². The number of nitrogens with one attached hydrogen (secondary N) is 3. The van der Waals surface area contributed by atoms with Gasteiger partial charge in [-0.15, -0.1) is 11.8 Å². The highest BCUT2D eigenvalue weighted by Gasteiger charge is 2.51. The largest absolute Gasteiger partial charge is 0.497 e. The van der Waals surface area contributed by atoms with Crippen molar-refractivity contribution < 1.29 is 19.1 Å². The number of aryl methyl sites for hydroxylation is 1. The highest BCUT2D eigenvalue weighted by molar-refractivity contribution is 8.00. The van der Waals surface area contributed by atoms with Gasteiger partial charge >= 0.3 is 6.03 Å². The first-order valence-electron chi connectivity index (χ1n) is 11.5. The van der Waals surface area contributed by atoms with Crippen LogP contribution in [0.1, 0.15) is 24.2 Å². The van der Waals surface area contributed by atoms with E-state index in [9.17, 15) is 14.4 Å². The summed E-state index contributed by atoms with van der Waals surface area (Å²) in [5, 5.41) is 9.40. The zero-order valence-corrected chi connectivity index (χ0v) is 21.1. The number of imide groups is 1. The second-order valence-corrected chi connectivity index (χ2v) is 9.76. The number of nitrogens with zero attached hydrogens (tertiary/aromatic N) is 2. The molecule has 2 aliphatic heterocycles. The highest BCUT2D eigenvalue weighted by atomic mass is 32.2. The summed E-state index contributed by atoms with van der Waals surface area (Å²) in [6.45, 7) is 2.08. The predicted octanol–water partition coefficient (Wildman–Crippen LogP) is 2.61. The molecule has 4 unspecified atom stereocenters. The van der Waals surface area contributed by atoms with Crippen molar-refractivity contribution in [2.75, 3.05) is 32.3 Å². The number of fused-ring (bicyclic) bond motifs is 1. The lowest BCUT2D eigenvalue weighted by atomic mass is 9.96. The maximum atomic E-state index is 13.1. The van der Waals surface area contributed by atoms with Crippen molar-refractivity contribution in [1.29, 1.82) is 0 Å². The molecular weight excluding hydrogens is 466 g/mol. The predicted molar refractivity (Wildman–Crippen MR) is 136 cm³/mol. The number of ether oxygens (including phenoxy) is 1. The third kappa shape index (κ3) is 5.29. The van der Waals surface area contributed by atoms with E-state index in [1.54, 1.807) is 19.1 Å². The minimum atomic E-state index is -0.557. The summed E-state index contributed by atoms with van der Waals surface area (Å²) in [4.78, 5) is 41.1. The number of methoxy groups -OCH3 is 1. The lowest BCUT2D eigenvalue weighted by molar-refractivity contribution is -0.140. The van der Waals surface area contributed by atoms with Crippen LogP contribution in [0, 0.1) is 5.92 Å². The molecule has 0 bridgehead atoms. The van der Waals surface area contributed by atoms with Gasteiger partial charge in [-0.1, -0.05) is 31.2 Å². The lowest BCUT2D eigenvalue weighted by Gasteiger charge is -2.50. The van der Waals surface area contributed by atoms with Gasteiger partial charge in [0, 0.05) is 19.8 Å². The average molecular weight is 498 g/mol. The van der Waals surface area contributed by atoms with Gasteiger partial charge in [-0.3, -0.25) is 25.1 Å². The standard InChI is InChI=1S/C25H31N5O4S/c1-5-15-6-10-17(11-7-15)26-19(31)14-35-23-20-22(29(2)25(33)30(3)24(20)32)27-21(28-23)16-8-12-18(34-4)13-9-16/h6-13,20-23,27-28H,5,14H2,1-4H3,(H,26,31). The minimum absolute atomic E-state index is 0.153. The van der Waals surface area contributed by atoms with Crippen LogP contribution in [0.15, 0.2) is 48.5 Å². The lowest BCUT2D eigenvalue weighted by Crippen LogP contribution is -2.72. The number of hydrogen-bond acceptors (Lipinski definition) is 7. The zero-order chi connectivity index (χ0) is 25.1. The molecule has 2 aliphatic rings. The van der Waals surface area contributed by atoms with Crippen LogP contribution in [-0.2, 0) is 16.0 Å². The van der Waals surface area contributed by atoms with Gasteiger partial charge in [-0.2, -0.15) is 0 Å². The molecule has 9 nitrogen and oxygen atoms in total. The SMILES string of the molecule is CCc1ccc(NC(=O)CSC2NC(c3ccc(OC)cc3)NC3C2C(=O)N(C)C(=O)N3C)cc1. The molecule has 4 amide bonds. The number of urea groups is 1. The average Bonchev–Trinajstić information content (AvgIpc) is 2.89. The molecular formula is C25H31N5O4S. The number of amides is 4. The Kier molecular flexibility index (Phi) is 7.63. The fourth-order valence-electron chi connectivity index (χ4n) is 4.37. The van der Waals surface area contributed by atoms with Crippen LogP contribution in [0.3, 0.4) is 0 Å². The number of benzene rings is 2. The summed E-state index contributed by atoms with van der Waals surface area (Å²) in [5.74, 6) is -0.101. The summed E-state index contributed by atoms with van der Waals surface area (Å²) in [6, 6.07) is 15.0.